The zero-order valence-corrected chi connectivity index (χ0v) is 18.8. The van der Waals surface area contributed by atoms with Crippen molar-refractivity contribution in [3.8, 4) is 0 Å². The second-order valence-corrected chi connectivity index (χ2v) is 9.96. The smallest absolute Gasteiger partial charge is 0.319 e. The fraction of sp³-hybridized carbons (Fsp3) is 0.240. The maximum Gasteiger partial charge on any atom is 0.319 e. The summed E-state index contributed by atoms with van der Waals surface area (Å²) in [7, 11) is -3.48. The molecule has 166 valence electrons. The number of sulfone groups is 1. The van der Waals surface area contributed by atoms with Crippen LogP contribution in [-0.4, -0.2) is 14.4 Å². The molecule has 0 atom stereocenters. The Morgan fingerprint density at radius 1 is 0.875 bits per heavy atom. The van der Waals surface area contributed by atoms with E-state index in [0.717, 1.165) is 36.2 Å². The van der Waals surface area contributed by atoms with Crippen LogP contribution in [-0.2, 0) is 41.6 Å². The van der Waals surface area contributed by atoms with Gasteiger partial charge < -0.3 is 16.0 Å². The lowest BCUT2D eigenvalue weighted by molar-refractivity contribution is 0.251. The molecule has 3 aromatic carbocycles. The highest BCUT2D eigenvalue weighted by Crippen LogP contribution is 2.22. The minimum absolute atomic E-state index is 0.0512. The second kappa shape index (κ2) is 9.54. The lowest BCUT2D eigenvalue weighted by Crippen LogP contribution is -2.28. The van der Waals surface area contributed by atoms with Crippen LogP contribution >= 0.6 is 0 Å². The maximum absolute atomic E-state index is 12.8. The third kappa shape index (κ3) is 5.36. The van der Waals surface area contributed by atoms with Crippen LogP contribution in [0.25, 0.3) is 0 Å². The first-order chi connectivity index (χ1) is 15.4. The molecule has 1 heterocycles. The van der Waals surface area contributed by atoms with Gasteiger partial charge in [-0.05, 0) is 58.5 Å². The molecule has 0 spiro atoms. The fourth-order valence-electron chi connectivity index (χ4n) is 3.74. The number of amides is 2. The number of fused-ring (bicyclic) bond motifs is 1. The van der Waals surface area contributed by atoms with Crippen molar-refractivity contribution in [2.75, 3.05) is 5.32 Å². The summed E-state index contributed by atoms with van der Waals surface area (Å²) in [5.41, 5.74) is 5.96. The Balaban J connectivity index is 1.33. The van der Waals surface area contributed by atoms with E-state index in [0.29, 0.717) is 12.2 Å². The van der Waals surface area contributed by atoms with Crippen molar-refractivity contribution in [1.82, 2.24) is 10.6 Å². The van der Waals surface area contributed by atoms with Gasteiger partial charge in [0.2, 0.25) is 0 Å². The molecule has 3 N–H and O–H groups in total. The minimum Gasteiger partial charge on any atom is -0.334 e. The maximum atomic E-state index is 12.8. The summed E-state index contributed by atoms with van der Waals surface area (Å²) in [5.74, 6) is -0.0512. The summed E-state index contributed by atoms with van der Waals surface area (Å²) < 4.78 is 25.6. The van der Waals surface area contributed by atoms with Crippen LogP contribution in [0.5, 0.6) is 0 Å². The Bertz CT molecular complexity index is 1200. The number of hydrogen-bond acceptors (Lipinski definition) is 4. The second-order valence-electron chi connectivity index (χ2n) is 7.97. The summed E-state index contributed by atoms with van der Waals surface area (Å²) in [6.07, 6.45) is 0.977. The van der Waals surface area contributed by atoms with Gasteiger partial charge in [-0.25, -0.2) is 13.2 Å². The van der Waals surface area contributed by atoms with E-state index in [1.54, 1.807) is 12.1 Å². The first-order valence-corrected chi connectivity index (χ1v) is 12.3. The first-order valence-electron chi connectivity index (χ1n) is 10.7. The molecule has 6 nitrogen and oxygen atoms in total. The third-order valence-electron chi connectivity index (χ3n) is 5.61. The Morgan fingerprint density at radius 3 is 2.25 bits per heavy atom. The zero-order chi connectivity index (χ0) is 22.6. The van der Waals surface area contributed by atoms with E-state index in [2.05, 4.69) is 22.9 Å². The number of anilines is 1. The summed E-state index contributed by atoms with van der Waals surface area (Å²) in [6, 6.07) is 19.9. The van der Waals surface area contributed by atoms with Crippen LogP contribution in [0.1, 0.15) is 34.7 Å². The Morgan fingerprint density at radius 2 is 1.53 bits per heavy atom. The zero-order valence-electron chi connectivity index (χ0n) is 18.0. The number of carbonyl (C=O) groups excluding carboxylic acids is 1. The van der Waals surface area contributed by atoms with Crippen LogP contribution in [0.4, 0.5) is 10.5 Å². The van der Waals surface area contributed by atoms with Crippen LogP contribution in [0.3, 0.4) is 0 Å². The van der Waals surface area contributed by atoms with E-state index in [4.69, 9.17) is 0 Å². The van der Waals surface area contributed by atoms with Gasteiger partial charge in [0, 0.05) is 25.3 Å². The van der Waals surface area contributed by atoms with Crippen molar-refractivity contribution in [1.29, 1.82) is 0 Å². The number of rotatable bonds is 7. The average Bonchev–Trinajstić information content (AvgIpc) is 3.26. The van der Waals surface area contributed by atoms with Crippen molar-refractivity contribution in [2.45, 2.75) is 43.6 Å². The summed E-state index contributed by atoms with van der Waals surface area (Å²) in [5, 5.41) is 8.81. The predicted molar refractivity (Wildman–Crippen MR) is 126 cm³/mol. The minimum atomic E-state index is -3.48. The van der Waals surface area contributed by atoms with E-state index in [1.165, 1.54) is 23.3 Å². The van der Waals surface area contributed by atoms with E-state index in [-0.39, 0.29) is 16.7 Å². The van der Waals surface area contributed by atoms with Gasteiger partial charge in [-0.15, -0.1) is 0 Å². The van der Waals surface area contributed by atoms with Gasteiger partial charge in [0.15, 0.2) is 9.84 Å². The van der Waals surface area contributed by atoms with Gasteiger partial charge in [-0.3, -0.25) is 0 Å². The predicted octanol–water partition coefficient (Wildman–Crippen LogP) is 4.15. The number of urea groups is 1. The first kappa shape index (κ1) is 22.0. The number of nitrogens with one attached hydrogen (secondary N) is 3. The number of aryl methyl sites for hydroxylation is 1. The highest BCUT2D eigenvalue weighted by atomic mass is 32.2. The molecular formula is C25H27N3O3S. The summed E-state index contributed by atoms with van der Waals surface area (Å²) in [6.45, 7) is 4.12. The van der Waals surface area contributed by atoms with E-state index in [1.807, 2.05) is 42.5 Å². The summed E-state index contributed by atoms with van der Waals surface area (Å²) >= 11 is 0. The topological polar surface area (TPSA) is 87.3 Å². The van der Waals surface area contributed by atoms with Crippen molar-refractivity contribution in [2.24, 2.45) is 0 Å². The molecule has 32 heavy (non-hydrogen) atoms. The molecule has 0 saturated heterocycles. The average molecular weight is 450 g/mol. The van der Waals surface area contributed by atoms with Gasteiger partial charge >= 0.3 is 6.03 Å². The molecule has 1 aliphatic heterocycles. The van der Waals surface area contributed by atoms with E-state index >= 15 is 0 Å². The van der Waals surface area contributed by atoms with Crippen molar-refractivity contribution < 1.29 is 13.2 Å². The van der Waals surface area contributed by atoms with Gasteiger partial charge in [-0.1, -0.05) is 49.4 Å². The Hall–Kier alpha value is -3.16. The van der Waals surface area contributed by atoms with Crippen LogP contribution in [0.2, 0.25) is 0 Å². The standard InChI is InChI=1S/C25H27N3O3S/c1-2-18-3-5-19(6-4-18)14-27-25(29)28-23-9-11-24(12-10-23)32(30,31)17-20-7-8-21-15-26-16-22(21)13-20/h3-13,26H,2,14-17H2,1H3,(H2,27,28,29). The van der Waals surface area contributed by atoms with Gasteiger partial charge in [-0.2, -0.15) is 0 Å². The molecule has 0 bridgehead atoms. The van der Waals surface area contributed by atoms with Crippen LogP contribution in [0, 0.1) is 0 Å². The molecule has 0 saturated carbocycles. The Kier molecular flexibility index (Phi) is 6.58. The highest BCUT2D eigenvalue weighted by molar-refractivity contribution is 7.90. The highest BCUT2D eigenvalue weighted by Gasteiger charge is 2.18. The normalized spacial score (nSPS) is 12.9. The van der Waals surface area contributed by atoms with Crippen molar-refractivity contribution in [3.05, 3.63) is 94.5 Å². The lowest BCUT2D eigenvalue weighted by Gasteiger charge is -2.10. The molecule has 0 radical (unpaired) electrons. The van der Waals surface area contributed by atoms with E-state index in [9.17, 15) is 13.2 Å². The molecule has 4 rings (SSSR count). The molecular weight excluding hydrogens is 422 g/mol. The van der Waals surface area contributed by atoms with Crippen molar-refractivity contribution >= 4 is 21.6 Å². The third-order valence-corrected chi connectivity index (χ3v) is 7.32. The molecule has 1 aliphatic rings. The summed E-state index contributed by atoms with van der Waals surface area (Å²) in [4.78, 5) is 12.4. The van der Waals surface area contributed by atoms with Crippen LogP contribution in [0.15, 0.2) is 71.6 Å². The van der Waals surface area contributed by atoms with E-state index < -0.39 is 9.84 Å². The van der Waals surface area contributed by atoms with Gasteiger partial charge in [0.25, 0.3) is 0 Å². The lowest BCUT2D eigenvalue weighted by atomic mass is 10.1. The molecule has 7 heteroatoms. The largest absolute Gasteiger partial charge is 0.334 e. The molecule has 0 aliphatic carbocycles. The monoisotopic (exact) mass is 449 g/mol. The molecule has 0 fully saturated rings. The van der Waals surface area contributed by atoms with Gasteiger partial charge in [0.05, 0.1) is 10.6 Å². The van der Waals surface area contributed by atoms with Crippen LogP contribution < -0.4 is 16.0 Å². The Labute approximate surface area is 189 Å². The number of hydrogen-bond donors (Lipinski definition) is 3. The number of benzene rings is 3. The fourth-order valence-corrected chi connectivity index (χ4v) is 5.07. The van der Waals surface area contributed by atoms with Gasteiger partial charge in [0.1, 0.15) is 0 Å². The molecule has 0 unspecified atom stereocenters. The number of carbonyl (C=O) groups is 1. The van der Waals surface area contributed by atoms with Crippen molar-refractivity contribution in [3.63, 3.8) is 0 Å². The molecule has 2 amide bonds. The molecule has 0 aromatic heterocycles. The molecule has 3 aromatic rings. The SMILES string of the molecule is CCc1ccc(CNC(=O)Nc2ccc(S(=O)(=O)Cc3ccc4c(c3)CNC4)cc2)cc1. The quantitative estimate of drug-likeness (QED) is 0.506.